The number of aromatic nitrogens is 5. The van der Waals surface area contributed by atoms with Gasteiger partial charge < -0.3 is 9.30 Å². The largest absolute Gasteiger partial charge is 0.459 e. The van der Waals surface area contributed by atoms with Crippen molar-refractivity contribution in [3.05, 3.63) is 65.9 Å². The number of fused-ring (bicyclic) bond motifs is 1. The summed E-state index contributed by atoms with van der Waals surface area (Å²) in [6.45, 7) is 3.99. The number of para-hydroxylation sites is 1. The fourth-order valence-corrected chi connectivity index (χ4v) is 3.53. The Morgan fingerprint density at radius 2 is 1.97 bits per heavy atom. The molecule has 9 nitrogen and oxygen atoms in total. The number of ether oxygens (including phenoxy) is 1. The molecule has 4 aromatic rings. The first-order valence-electron chi connectivity index (χ1n) is 10.5. The van der Waals surface area contributed by atoms with Crippen molar-refractivity contribution in [2.45, 2.75) is 39.5 Å². The lowest BCUT2D eigenvalue weighted by Gasteiger charge is -2.08. The number of ketones is 1. The van der Waals surface area contributed by atoms with Crippen molar-refractivity contribution in [3.63, 3.8) is 0 Å². The Morgan fingerprint density at radius 3 is 2.76 bits per heavy atom. The van der Waals surface area contributed by atoms with E-state index in [4.69, 9.17) is 10.00 Å². The topological polar surface area (TPSA) is 116 Å². The number of carbonyl (C=O) groups excluding carboxylic acids is 2. The van der Waals surface area contributed by atoms with E-state index in [0.29, 0.717) is 35.5 Å². The number of esters is 1. The normalized spacial score (nSPS) is 11.0. The highest BCUT2D eigenvalue weighted by molar-refractivity contribution is 6.08. The molecule has 0 unspecified atom stereocenters. The van der Waals surface area contributed by atoms with E-state index >= 15 is 0 Å². The van der Waals surface area contributed by atoms with E-state index in [2.05, 4.69) is 21.5 Å². The predicted molar refractivity (Wildman–Crippen MR) is 120 cm³/mol. The van der Waals surface area contributed by atoms with Crippen molar-refractivity contribution in [2.75, 3.05) is 0 Å². The van der Waals surface area contributed by atoms with Crippen LogP contribution in [0.3, 0.4) is 0 Å². The maximum Gasteiger partial charge on any atom is 0.338 e. The Labute approximate surface area is 190 Å². The van der Waals surface area contributed by atoms with E-state index in [-0.39, 0.29) is 18.4 Å². The first kappa shape index (κ1) is 21.9. The van der Waals surface area contributed by atoms with Crippen LogP contribution in [0.5, 0.6) is 0 Å². The zero-order valence-corrected chi connectivity index (χ0v) is 18.3. The van der Waals surface area contributed by atoms with E-state index in [1.807, 2.05) is 28.8 Å². The van der Waals surface area contributed by atoms with Crippen LogP contribution in [0.2, 0.25) is 0 Å². The van der Waals surface area contributed by atoms with Crippen LogP contribution in [0.4, 0.5) is 0 Å². The first-order valence-corrected chi connectivity index (χ1v) is 10.5. The molecule has 0 aliphatic heterocycles. The highest BCUT2D eigenvalue weighted by atomic mass is 16.5. The van der Waals surface area contributed by atoms with Gasteiger partial charge in [-0.25, -0.2) is 4.79 Å². The van der Waals surface area contributed by atoms with Gasteiger partial charge >= 0.3 is 5.97 Å². The van der Waals surface area contributed by atoms with Crippen molar-refractivity contribution in [3.8, 4) is 17.5 Å². The molecule has 0 aliphatic carbocycles. The van der Waals surface area contributed by atoms with Gasteiger partial charge in [0.05, 0.1) is 24.2 Å². The molecule has 2 aromatic heterocycles. The molecule has 0 N–H and O–H groups in total. The number of nitrogens with zero attached hydrogens (tertiary/aromatic N) is 6. The summed E-state index contributed by atoms with van der Waals surface area (Å²) in [5.41, 5.74) is 2.42. The third kappa shape index (κ3) is 4.80. The second-order valence-corrected chi connectivity index (χ2v) is 7.76. The quantitative estimate of drug-likeness (QED) is 0.302. The molecule has 4 rings (SSSR count). The Kier molecular flexibility index (Phi) is 6.26. The summed E-state index contributed by atoms with van der Waals surface area (Å²) in [6.07, 6.45) is 1.90. The molecule has 33 heavy (non-hydrogen) atoms. The predicted octanol–water partition coefficient (Wildman–Crippen LogP) is 3.66. The minimum absolute atomic E-state index is 0.0889. The van der Waals surface area contributed by atoms with Crippen molar-refractivity contribution in [1.29, 1.82) is 5.26 Å². The maximum atomic E-state index is 13.0. The second-order valence-electron chi connectivity index (χ2n) is 7.76. The molecule has 0 atom stereocenters. The number of hydrogen-bond donors (Lipinski definition) is 0. The number of hydrogen-bond acceptors (Lipinski definition) is 7. The molecule has 0 aliphatic rings. The first-order chi connectivity index (χ1) is 16.0. The fourth-order valence-electron chi connectivity index (χ4n) is 3.53. The molecule has 0 spiro atoms. The fraction of sp³-hybridized carbons (Fsp3) is 0.250. The summed E-state index contributed by atoms with van der Waals surface area (Å²) < 4.78 is 7.14. The molecule has 2 aromatic carbocycles. The number of Topliss-reactive ketones (excluding diaryl/α,β-unsaturated/α-hetero) is 1. The van der Waals surface area contributed by atoms with E-state index in [1.165, 1.54) is 4.80 Å². The highest BCUT2D eigenvalue weighted by Crippen LogP contribution is 2.23. The van der Waals surface area contributed by atoms with E-state index in [1.54, 1.807) is 44.3 Å². The third-order valence-electron chi connectivity index (χ3n) is 4.99. The van der Waals surface area contributed by atoms with Gasteiger partial charge in [0.1, 0.15) is 6.54 Å². The molecule has 0 radical (unpaired) electrons. The number of rotatable bonds is 8. The molecule has 0 saturated heterocycles. The van der Waals surface area contributed by atoms with Gasteiger partial charge in [-0.2, -0.15) is 10.1 Å². The number of aryl methyl sites for hydroxylation is 1. The summed E-state index contributed by atoms with van der Waals surface area (Å²) in [7, 11) is 0. The lowest BCUT2D eigenvalue weighted by Crippen LogP contribution is -2.13. The van der Waals surface area contributed by atoms with Crippen molar-refractivity contribution in [1.82, 2.24) is 24.8 Å². The summed E-state index contributed by atoms with van der Waals surface area (Å²) in [6, 6.07) is 16.5. The Bertz CT molecular complexity index is 1360. The smallest absolute Gasteiger partial charge is 0.338 e. The third-order valence-corrected chi connectivity index (χ3v) is 4.99. The monoisotopic (exact) mass is 442 g/mol. The number of nitriles is 1. The van der Waals surface area contributed by atoms with Crippen LogP contribution in [0.15, 0.2) is 54.7 Å². The van der Waals surface area contributed by atoms with Crippen LogP contribution in [-0.4, -0.2) is 42.6 Å². The highest BCUT2D eigenvalue weighted by Gasteiger charge is 2.18. The average Bonchev–Trinajstić information content (AvgIpc) is 3.42. The Hall–Kier alpha value is -4.32. The van der Waals surface area contributed by atoms with Gasteiger partial charge in [-0.1, -0.05) is 30.3 Å². The summed E-state index contributed by atoms with van der Waals surface area (Å²) in [5, 5.41) is 22.1. The van der Waals surface area contributed by atoms with Crippen LogP contribution in [0.1, 0.15) is 41.0 Å². The molecule has 9 heteroatoms. The van der Waals surface area contributed by atoms with Gasteiger partial charge in [0.25, 0.3) is 0 Å². The molecular weight excluding hydrogens is 420 g/mol. The van der Waals surface area contributed by atoms with Gasteiger partial charge in [-0.05, 0) is 37.3 Å². The maximum absolute atomic E-state index is 13.0. The minimum atomic E-state index is -0.429. The van der Waals surface area contributed by atoms with Gasteiger partial charge in [0.2, 0.25) is 5.82 Å². The van der Waals surface area contributed by atoms with Crippen molar-refractivity contribution >= 4 is 22.7 Å². The Balaban J connectivity index is 1.55. The zero-order valence-electron chi connectivity index (χ0n) is 18.3. The van der Waals surface area contributed by atoms with Crippen LogP contribution >= 0.6 is 0 Å². The van der Waals surface area contributed by atoms with Gasteiger partial charge in [0.15, 0.2) is 5.78 Å². The average molecular weight is 442 g/mol. The molecule has 0 saturated carbocycles. The number of benzene rings is 2. The number of tetrazole rings is 1. The van der Waals surface area contributed by atoms with Crippen LogP contribution in [0.25, 0.3) is 22.3 Å². The summed E-state index contributed by atoms with van der Waals surface area (Å²) in [5.74, 6) is -0.291. The van der Waals surface area contributed by atoms with E-state index in [9.17, 15) is 9.59 Å². The van der Waals surface area contributed by atoms with Crippen molar-refractivity contribution in [2.24, 2.45) is 0 Å². The van der Waals surface area contributed by atoms with Gasteiger partial charge in [-0.15, -0.1) is 10.2 Å². The van der Waals surface area contributed by atoms with Crippen LogP contribution in [-0.2, 0) is 17.8 Å². The summed E-state index contributed by atoms with van der Waals surface area (Å²) >= 11 is 0. The molecular formula is C24H22N6O3. The van der Waals surface area contributed by atoms with E-state index < -0.39 is 5.97 Å². The molecule has 166 valence electrons. The van der Waals surface area contributed by atoms with Crippen molar-refractivity contribution < 1.29 is 14.3 Å². The SMILES string of the molecule is CC(C)OC(=O)c1cccc(-c2nnn(CC(=O)c3cn(CCC#N)c4ccccc34)n2)c1. The summed E-state index contributed by atoms with van der Waals surface area (Å²) in [4.78, 5) is 26.4. The van der Waals surface area contributed by atoms with Crippen LogP contribution in [0, 0.1) is 11.3 Å². The lowest BCUT2D eigenvalue weighted by molar-refractivity contribution is 0.0378. The molecule has 0 fully saturated rings. The molecule has 0 amide bonds. The lowest BCUT2D eigenvalue weighted by atomic mass is 10.1. The molecule has 0 bridgehead atoms. The molecule has 2 heterocycles. The Morgan fingerprint density at radius 1 is 1.15 bits per heavy atom. The second kappa shape index (κ2) is 9.44. The zero-order chi connectivity index (χ0) is 23.4. The minimum Gasteiger partial charge on any atom is -0.459 e. The van der Waals surface area contributed by atoms with E-state index in [0.717, 1.165) is 10.9 Å². The van der Waals surface area contributed by atoms with Gasteiger partial charge in [-0.3, -0.25) is 4.79 Å². The van der Waals surface area contributed by atoms with Crippen LogP contribution < -0.4 is 0 Å². The van der Waals surface area contributed by atoms with Gasteiger partial charge in [0, 0.05) is 34.8 Å². The standard InChI is InChI=1S/C24H22N6O3/c1-16(2)33-24(32)18-8-5-7-17(13-18)23-26-28-30(27-23)15-22(31)20-14-29(12-6-11-25)21-10-4-3-9-19(20)21/h3-5,7-10,13-14,16H,6,12,15H2,1-2H3. The number of carbonyl (C=O) groups is 2.